The van der Waals surface area contributed by atoms with Crippen LogP contribution in [0.4, 0.5) is 5.13 Å². The van der Waals surface area contributed by atoms with Crippen LogP contribution in [0.1, 0.15) is 5.56 Å². The Bertz CT molecular complexity index is 921. The summed E-state index contributed by atoms with van der Waals surface area (Å²) in [5.41, 5.74) is 2.51. The molecule has 126 valence electrons. The molecule has 0 unspecified atom stereocenters. The van der Waals surface area contributed by atoms with E-state index >= 15 is 0 Å². The Morgan fingerprint density at radius 3 is 2.88 bits per heavy atom. The fourth-order valence-electron chi connectivity index (χ4n) is 2.17. The van der Waals surface area contributed by atoms with Crippen molar-refractivity contribution in [2.24, 2.45) is 0 Å². The van der Waals surface area contributed by atoms with Crippen LogP contribution in [0.3, 0.4) is 0 Å². The molecule has 1 heterocycles. The van der Waals surface area contributed by atoms with Gasteiger partial charge in [0.15, 0.2) is 5.13 Å². The molecule has 4 nitrogen and oxygen atoms in total. The van der Waals surface area contributed by atoms with Gasteiger partial charge in [0.2, 0.25) is 5.91 Å². The predicted octanol–water partition coefficient (Wildman–Crippen LogP) is 5.12. The van der Waals surface area contributed by atoms with Crippen LogP contribution in [0.15, 0.2) is 60.0 Å². The molecule has 0 bridgehead atoms. The molecule has 0 saturated heterocycles. The van der Waals surface area contributed by atoms with E-state index in [9.17, 15) is 4.79 Å². The topological polar surface area (TPSA) is 51.2 Å². The van der Waals surface area contributed by atoms with Gasteiger partial charge in [-0.2, -0.15) is 0 Å². The van der Waals surface area contributed by atoms with Crippen LogP contribution < -0.4 is 10.1 Å². The van der Waals surface area contributed by atoms with Gasteiger partial charge in [-0.05, 0) is 29.8 Å². The van der Waals surface area contributed by atoms with Crippen molar-refractivity contribution >= 4 is 40.1 Å². The number of ether oxygens (including phenoxy) is 1. The van der Waals surface area contributed by atoms with Crippen LogP contribution in [0.25, 0.3) is 17.3 Å². The van der Waals surface area contributed by atoms with Gasteiger partial charge in [-0.15, -0.1) is 11.3 Å². The van der Waals surface area contributed by atoms with Crippen LogP contribution in [0, 0.1) is 0 Å². The number of halogens is 1. The lowest BCUT2D eigenvalue weighted by molar-refractivity contribution is -0.111. The van der Waals surface area contributed by atoms with Crippen molar-refractivity contribution in [2.45, 2.75) is 0 Å². The highest BCUT2D eigenvalue weighted by atomic mass is 35.5. The van der Waals surface area contributed by atoms with Gasteiger partial charge in [-0.25, -0.2) is 4.98 Å². The Balaban J connectivity index is 1.68. The van der Waals surface area contributed by atoms with Crippen LogP contribution >= 0.6 is 22.9 Å². The molecular formula is C19H15ClN2O2S. The summed E-state index contributed by atoms with van der Waals surface area (Å²) in [5, 5.41) is 5.78. The molecule has 3 rings (SSSR count). The first-order chi connectivity index (χ1) is 12.2. The van der Waals surface area contributed by atoms with Gasteiger partial charge >= 0.3 is 0 Å². The minimum atomic E-state index is -0.258. The van der Waals surface area contributed by atoms with Crippen molar-refractivity contribution in [1.29, 1.82) is 0 Å². The molecule has 1 N–H and O–H groups in total. The molecule has 0 aliphatic carbocycles. The van der Waals surface area contributed by atoms with E-state index in [2.05, 4.69) is 10.3 Å². The van der Waals surface area contributed by atoms with Gasteiger partial charge in [0, 0.05) is 22.0 Å². The van der Waals surface area contributed by atoms with Crippen molar-refractivity contribution in [3.05, 3.63) is 70.6 Å². The Labute approximate surface area is 154 Å². The molecule has 0 saturated carbocycles. The normalized spacial score (nSPS) is 10.8. The molecule has 6 heteroatoms. The summed E-state index contributed by atoms with van der Waals surface area (Å²) < 4.78 is 5.22. The van der Waals surface area contributed by atoms with E-state index in [0.717, 1.165) is 22.6 Å². The maximum atomic E-state index is 12.0. The molecule has 0 radical (unpaired) electrons. The van der Waals surface area contributed by atoms with E-state index < -0.39 is 0 Å². The molecule has 0 aliphatic heterocycles. The largest absolute Gasteiger partial charge is 0.497 e. The average molecular weight is 371 g/mol. The SMILES string of the molecule is COc1cccc(-c2csc(NC(=O)/C=C/c3ccccc3Cl)n2)c1. The standard InChI is InChI=1S/C19H15ClN2O2S/c1-24-15-7-4-6-14(11-15)17-12-25-19(21-17)22-18(23)10-9-13-5-2-3-8-16(13)20/h2-12H,1H3,(H,21,22,23)/b10-9+. The first-order valence-corrected chi connectivity index (χ1v) is 8.75. The van der Waals surface area contributed by atoms with Crippen molar-refractivity contribution in [1.82, 2.24) is 4.98 Å². The smallest absolute Gasteiger partial charge is 0.250 e. The molecule has 0 spiro atoms. The molecule has 0 aliphatic rings. The number of anilines is 1. The van der Waals surface area contributed by atoms with Gasteiger partial charge in [0.25, 0.3) is 0 Å². The number of carbonyl (C=O) groups excluding carboxylic acids is 1. The number of benzene rings is 2. The second-order valence-electron chi connectivity index (χ2n) is 5.11. The van der Waals surface area contributed by atoms with Gasteiger partial charge in [0.1, 0.15) is 5.75 Å². The molecule has 25 heavy (non-hydrogen) atoms. The lowest BCUT2D eigenvalue weighted by Gasteiger charge is -2.01. The highest BCUT2D eigenvalue weighted by Gasteiger charge is 2.07. The van der Waals surface area contributed by atoms with Crippen LogP contribution in [-0.4, -0.2) is 18.0 Å². The first-order valence-electron chi connectivity index (χ1n) is 7.49. The zero-order valence-electron chi connectivity index (χ0n) is 13.4. The summed E-state index contributed by atoms with van der Waals surface area (Å²) in [6, 6.07) is 14.9. The highest BCUT2D eigenvalue weighted by Crippen LogP contribution is 2.27. The van der Waals surface area contributed by atoms with Crippen LogP contribution in [0.5, 0.6) is 5.75 Å². The fourth-order valence-corrected chi connectivity index (χ4v) is 3.09. The van der Waals surface area contributed by atoms with Gasteiger partial charge < -0.3 is 4.74 Å². The predicted molar refractivity (Wildman–Crippen MR) is 103 cm³/mol. The third-order valence-electron chi connectivity index (χ3n) is 3.42. The van der Waals surface area contributed by atoms with Gasteiger partial charge in [-0.3, -0.25) is 10.1 Å². The second-order valence-corrected chi connectivity index (χ2v) is 6.38. The number of thiazole rings is 1. The quantitative estimate of drug-likeness (QED) is 0.634. The Morgan fingerprint density at radius 1 is 1.24 bits per heavy atom. The van der Waals surface area contributed by atoms with Crippen molar-refractivity contribution in [3.8, 4) is 17.0 Å². The minimum absolute atomic E-state index is 0.258. The minimum Gasteiger partial charge on any atom is -0.497 e. The number of rotatable bonds is 5. The highest BCUT2D eigenvalue weighted by molar-refractivity contribution is 7.14. The number of carbonyl (C=O) groups is 1. The number of nitrogens with one attached hydrogen (secondary N) is 1. The number of methoxy groups -OCH3 is 1. The summed E-state index contributed by atoms with van der Waals surface area (Å²) in [7, 11) is 1.62. The van der Waals surface area contributed by atoms with E-state index in [0.29, 0.717) is 10.2 Å². The lowest BCUT2D eigenvalue weighted by atomic mass is 10.2. The lowest BCUT2D eigenvalue weighted by Crippen LogP contribution is -2.07. The summed E-state index contributed by atoms with van der Waals surface area (Å²) in [5.74, 6) is 0.505. The summed E-state index contributed by atoms with van der Waals surface area (Å²) in [4.78, 5) is 16.5. The second kappa shape index (κ2) is 7.96. The zero-order valence-corrected chi connectivity index (χ0v) is 15.0. The number of hydrogen-bond acceptors (Lipinski definition) is 4. The molecular weight excluding hydrogens is 356 g/mol. The van der Waals surface area contributed by atoms with E-state index in [4.69, 9.17) is 16.3 Å². The fraction of sp³-hybridized carbons (Fsp3) is 0.0526. The van der Waals surface area contributed by atoms with E-state index in [1.807, 2.05) is 47.8 Å². The van der Waals surface area contributed by atoms with Crippen molar-refractivity contribution in [3.63, 3.8) is 0 Å². The van der Waals surface area contributed by atoms with E-state index in [1.54, 1.807) is 19.3 Å². The first kappa shape index (κ1) is 17.2. The Morgan fingerprint density at radius 2 is 2.08 bits per heavy atom. The van der Waals surface area contributed by atoms with Crippen molar-refractivity contribution in [2.75, 3.05) is 12.4 Å². The van der Waals surface area contributed by atoms with Gasteiger partial charge in [0.05, 0.1) is 12.8 Å². The number of amides is 1. The van der Waals surface area contributed by atoms with Crippen molar-refractivity contribution < 1.29 is 9.53 Å². The maximum Gasteiger partial charge on any atom is 0.250 e. The number of nitrogens with zero attached hydrogens (tertiary/aromatic N) is 1. The molecule has 1 aromatic heterocycles. The van der Waals surface area contributed by atoms with Crippen LogP contribution in [0.2, 0.25) is 5.02 Å². The summed E-state index contributed by atoms with van der Waals surface area (Å²) in [6.07, 6.45) is 3.11. The van der Waals surface area contributed by atoms with Gasteiger partial charge in [-0.1, -0.05) is 41.9 Å². The third-order valence-corrected chi connectivity index (χ3v) is 4.52. The number of aromatic nitrogens is 1. The molecule has 3 aromatic rings. The Kier molecular flexibility index (Phi) is 5.48. The monoisotopic (exact) mass is 370 g/mol. The Hall–Kier alpha value is -2.63. The summed E-state index contributed by atoms with van der Waals surface area (Å²) >= 11 is 7.43. The molecule has 2 aromatic carbocycles. The third kappa shape index (κ3) is 4.47. The molecule has 0 atom stereocenters. The average Bonchev–Trinajstić information content (AvgIpc) is 3.09. The van der Waals surface area contributed by atoms with Crippen LogP contribution in [-0.2, 0) is 4.79 Å². The zero-order chi connectivity index (χ0) is 17.6. The summed E-state index contributed by atoms with van der Waals surface area (Å²) in [6.45, 7) is 0. The van der Waals surface area contributed by atoms with E-state index in [-0.39, 0.29) is 5.91 Å². The number of hydrogen-bond donors (Lipinski definition) is 1. The maximum absolute atomic E-state index is 12.0. The van der Waals surface area contributed by atoms with E-state index in [1.165, 1.54) is 17.4 Å². The molecule has 0 fully saturated rings. The molecule has 1 amide bonds.